The first-order valence-corrected chi connectivity index (χ1v) is 6.29. The summed E-state index contributed by atoms with van der Waals surface area (Å²) in [6, 6.07) is 0. The van der Waals surface area contributed by atoms with Crippen LogP contribution in [0.5, 0.6) is 0 Å². The number of nitrogens with one attached hydrogen (secondary N) is 1. The van der Waals surface area contributed by atoms with Crippen LogP contribution in [0.3, 0.4) is 0 Å². The molecule has 0 aliphatic carbocycles. The number of allylic oxidation sites excluding steroid dienone is 1. The van der Waals surface area contributed by atoms with Crippen molar-refractivity contribution >= 4 is 6.41 Å². The van der Waals surface area contributed by atoms with Gasteiger partial charge < -0.3 is 10.2 Å². The lowest BCUT2D eigenvalue weighted by Crippen LogP contribution is -2.35. The molecule has 3 heteroatoms. The van der Waals surface area contributed by atoms with Crippen molar-refractivity contribution in [2.45, 2.75) is 47.5 Å². The van der Waals surface area contributed by atoms with Gasteiger partial charge in [0.1, 0.15) is 0 Å². The SMILES string of the molecule is C=C(C)NC.CCC(C)(C)C.O=CN1CCC1. The average Bonchev–Trinajstić information content (AvgIpc) is 2.17. The maximum absolute atomic E-state index is 9.71. The van der Waals surface area contributed by atoms with Crippen molar-refractivity contribution in [2.24, 2.45) is 5.41 Å². The summed E-state index contributed by atoms with van der Waals surface area (Å²) in [6.07, 6.45) is 3.36. The molecule has 0 aromatic heterocycles. The molecule has 0 spiro atoms. The second kappa shape index (κ2) is 10.2. The highest BCUT2D eigenvalue weighted by molar-refractivity contribution is 5.48. The largest absolute Gasteiger partial charge is 0.392 e. The molecule has 1 saturated heterocycles. The number of rotatable bonds is 2. The van der Waals surface area contributed by atoms with Gasteiger partial charge in [-0.3, -0.25) is 4.79 Å². The first-order chi connectivity index (χ1) is 7.76. The van der Waals surface area contributed by atoms with Crippen molar-refractivity contribution in [1.82, 2.24) is 10.2 Å². The Morgan fingerprint density at radius 3 is 1.76 bits per heavy atom. The summed E-state index contributed by atoms with van der Waals surface area (Å²) >= 11 is 0. The summed E-state index contributed by atoms with van der Waals surface area (Å²) in [5, 5.41) is 2.83. The summed E-state index contributed by atoms with van der Waals surface area (Å²) in [5.74, 6) is 0. The summed E-state index contributed by atoms with van der Waals surface area (Å²) < 4.78 is 0. The van der Waals surface area contributed by atoms with E-state index in [9.17, 15) is 4.79 Å². The molecule has 1 N–H and O–H groups in total. The van der Waals surface area contributed by atoms with Gasteiger partial charge in [-0.15, -0.1) is 0 Å². The first-order valence-electron chi connectivity index (χ1n) is 6.29. The van der Waals surface area contributed by atoms with E-state index in [1.54, 1.807) is 4.90 Å². The molecule has 0 aromatic carbocycles. The quantitative estimate of drug-likeness (QED) is 0.755. The smallest absolute Gasteiger partial charge is 0.209 e. The summed E-state index contributed by atoms with van der Waals surface area (Å²) in [7, 11) is 1.85. The predicted molar refractivity (Wildman–Crippen MR) is 75.9 cm³/mol. The zero-order valence-corrected chi connectivity index (χ0v) is 12.5. The van der Waals surface area contributed by atoms with Gasteiger partial charge in [0.25, 0.3) is 0 Å². The third-order valence-electron chi connectivity index (χ3n) is 2.53. The summed E-state index contributed by atoms with van der Waals surface area (Å²) in [6.45, 7) is 16.4. The molecule has 0 bridgehead atoms. The van der Waals surface area contributed by atoms with Crippen molar-refractivity contribution in [3.8, 4) is 0 Å². The van der Waals surface area contributed by atoms with Gasteiger partial charge in [0.2, 0.25) is 6.41 Å². The Hall–Kier alpha value is -0.990. The molecule has 3 nitrogen and oxygen atoms in total. The molecule has 0 radical (unpaired) electrons. The Labute approximate surface area is 107 Å². The Morgan fingerprint density at radius 1 is 1.41 bits per heavy atom. The molecule has 1 aliphatic heterocycles. The van der Waals surface area contributed by atoms with E-state index in [0.717, 1.165) is 25.2 Å². The van der Waals surface area contributed by atoms with Gasteiger partial charge in [0, 0.05) is 20.1 Å². The van der Waals surface area contributed by atoms with Crippen LogP contribution in [-0.4, -0.2) is 31.4 Å². The highest BCUT2D eigenvalue weighted by Gasteiger charge is 2.08. The lowest BCUT2D eigenvalue weighted by atomic mass is 9.94. The number of hydrogen-bond acceptors (Lipinski definition) is 2. The van der Waals surface area contributed by atoms with Crippen LogP contribution in [0.1, 0.15) is 47.5 Å². The lowest BCUT2D eigenvalue weighted by Gasteiger charge is -2.25. The minimum atomic E-state index is 0.542. The minimum absolute atomic E-state index is 0.542. The van der Waals surface area contributed by atoms with E-state index in [2.05, 4.69) is 39.6 Å². The minimum Gasteiger partial charge on any atom is -0.392 e. The molecule has 0 saturated carbocycles. The maximum atomic E-state index is 9.71. The highest BCUT2D eigenvalue weighted by Crippen LogP contribution is 2.16. The maximum Gasteiger partial charge on any atom is 0.209 e. The third kappa shape index (κ3) is 17.6. The van der Waals surface area contributed by atoms with E-state index in [4.69, 9.17) is 0 Å². The van der Waals surface area contributed by atoms with E-state index in [-0.39, 0.29) is 0 Å². The van der Waals surface area contributed by atoms with Gasteiger partial charge in [0.15, 0.2) is 0 Å². The molecule has 102 valence electrons. The van der Waals surface area contributed by atoms with Crippen LogP contribution in [-0.2, 0) is 4.79 Å². The number of hydrogen-bond donors (Lipinski definition) is 1. The predicted octanol–water partition coefficient (Wildman–Crippen LogP) is 3.03. The van der Waals surface area contributed by atoms with Crippen LogP contribution >= 0.6 is 0 Å². The van der Waals surface area contributed by atoms with Crippen LogP contribution in [0.25, 0.3) is 0 Å². The third-order valence-corrected chi connectivity index (χ3v) is 2.53. The number of carbonyl (C=O) groups is 1. The molecule has 0 atom stereocenters. The van der Waals surface area contributed by atoms with Crippen molar-refractivity contribution < 1.29 is 4.79 Å². The fourth-order valence-corrected chi connectivity index (χ4v) is 0.446. The van der Waals surface area contributed by atoms with Crippen molar-refractivity contribution in [1.29, 1.82) is 0 Å². The Morgan fingerprint density at radius 2 is 1.76 bits per heavy atom. The summed E-state index contributed by atoms with van der Waals surface area (Å²) in [4.78, 5) is 11.5. The monoisotopic (exact) mass is 242 g/mol. The number of nitrogens with zero attached hydrogens (tertiary/aromatic N) is 1. The molecule has 0 aromatic rings. The first kappa shape index (κ1) is 18.4. The summed E-state index contributed by atoms with van der Waals surface area (Å²) in [5.41, 5.74) is 1.55. The van der Waals surface area contributed by atoms with E-state index in [0.29, 0.717) is 5.41 Å². The van der Waals surface area contributed by atoms with Crippen molar-refractivity contribution in [3.05, 3.63) is 12.3 Å². The second-order valence-electron chi connectivity index (χ2n) is 5.44. The van der Waals surface area contributed by atoms with Crippen LogP contribution in [0.15, 0.2) is 12.3 Å². The van der Waals surface area contributed by atoms with Gasteiger partial charge >= 0.3 is 0 Å². The lowest BCUT2D eigenvalue weighted by molar-refractivity contribution is -0.121. The molecule has 1 fully saturated rings. The zero-order chi connectivity index (χ0) is 13.9. The number of likely N-dealkylation sites (tertiary alicyclic amines) is 1. The van der Waals surface area contributed by atoms with E-state index in [1.165, 1.54) is 12.8 Å². The van der Waals surface area contributed by atoms with Gasteiger partial charge in [-0.05, 0) is 24.5 Å². The van der Waals surface area contributed by atoms with Gasteiger partial charge in [-0.1, -0.05) is 40.7 Å². The van der Waals surface area contributed by atoms with Gasteiger partial charge in [-0.25, -0.2) is 0 Å². The molecule has 1 rings (SSSR count). The Bertz CT molecular complexity index is 203. The number of carbonyl (C=O) groups excluding carboxylic acids is 1. The van der Waals surface area contributed by atoms with E-state index < -0.39 is 0 Å². The standard InChI is InChI=1S/C6H14.C4H7NO.C4H9N/c1-5-6(2,3)4;6-4-5-2-1-3-5;1-4(2)5-3/h5H2,1-4H3;4H,1-3H2;5H,1H2,2-3H3. The van der Waals surface area contributed by atoms with Gasteiger partial charge in [0.05, 0.1) is 0 Å². The molecule has 1 heterocycles. The molecule has 1 aliphatic rings. The fraction of sp³-hybridized carbons (Fsp3) is 0.786. The van der Waals surface area contributed by atoms with Crippen LogP contribution in [0.2, 0.25) is 0 Å². The normalized spacial score (nSPS) is 13.2. The van der Waals surface area contributed by atoms with Crippen molar-refractivity contribution in [2.75, 3.05) is 20.1 Å². The topological polar surface area (TPSA) is 32.3 Å². The Balaban J connectivity index is 0. The fourth-order valence-electron chi connectivity index (χ4n) is 0.446. The molecule has 1 amide bonds. The van der Waals surface area contributed by atoms with E-state index >= 15 is 0 Å². The van der Waals surface area contributed by atoms with Crippen LogP contribution in [0, 0.1) is 5.41 Å². The number of amides is 1. The van der Waals surface area contributed by atoms with Gasteiger partial charge in [-0.2, -0.15) is 0 Å². The average molecular weight is 242 g/mol. The molecule has 17 heavy (non-hydrogen) atoms. The Kier molecular flexibility index (Phi) is 11.0. The molecular formula is C14H30N2O. The zero-order valence-electron chi connectivity index (χ0n) is 12.5. The van der Waals surface area contributed by atoms with Crippen LogP contribution in [0.4, 0.5) is 0 Å². The highest BCUT2D eigenvalue weighted by atomic mass is 16.1. The van der Waals surface area contributed by atoms with Crippen molar-refractivity contribution in [3.63, 3.8) is 0 Å². The second-order valence-corrected chi connectivity index (χ2v) is 5.44. The van der Waals surface area contributed by atoms with Crippen LogP contribution < -0.4 is 5.32 Å². The molecule has 0 unspecified atom stereocenters. The molecular weight excluding hydrogens is 212 g/mol. The van der Waals surface area contributed by atoms with E-state index in [1.807, 2.05) is 14.0 Å².